The first-order valence-corrected chi connectivity index (χ1v) is 17.8. The van der Waals surface area contributed by atoms with Crippen molar-refractivity contribution < 1.29 is 8.78 Å². The maximum atomic E-state index is 13.7. The highest BCUT2D eigenvalue weighted by Gasteiger charge is 2.30. The molecule has 0 bridgehead atoms. The molecule has 0 atom stereocenters. The molecule has 4 heteroatoms. The molecule has 2 heterocycles. The van der Waals surface area contributed by atoms with Gasteiger partial charge in [-0.25, -0.2) is 8.78 Å². The van der Waals surface area contributed by atoms with Crippen LogP contribution in [0.1, 0.15) is 77.9 Å². The number of pyridine rings is 2. The summed E-state index contributed by atoms with van der Waals surface area (Å²) < 4.78 is 27.4. The van der Waals surface area contributed by atoms with Crippen LogP contribution >= 0.6 is 0 Å². The average Bonchev–Trinajstić information content (AvgIpc) is 3.07. The Morgan fingerprint density at radius 1 is 0.412 bits per heavy atom. The lowest BCUT2D eigenvalue weighted by atomic mass is 9.80. The summed E-state index contributed by atoms with van der Waals surface area (Å²) >= 11 is 0. The number of rotatable bonds is 8. The molecule has 51 heavy (non-hydrogen) atoms. The van der Waals surface area contributed by atoms with Crippen LogP contribution in [0.5, 0.6) is 0 Å². The van der Waals surface area contributed by atoms with Gasteiger partial charge < -0.3 is 0 Å². The van der Waals surface area contributed by atoms with Gasteiger partial charge in [-0.05, 0) is 132 Å². The van der Waals surface area contributed by atoms with Gasteiger partial charge in [0.1, 0.15) is 11.6 Å². The van der Waals surface area contributed by atoms with E-state index in [0.717, 1.165) is 69.0 Å². The van der Waals surface area contributed by atoms with E-state index in [-0.39, 0.29) is 22.5 Å². The van der Waals surface area contributed by atoms with Gasteiger partial charge in [0.25, 0.3) is 0 Å². The molecule has 260 valence electrons. The first-order chi connectivity index (χ1) is 24.0. The van der Waals surface area contributed by atoms with Crippen LogP contribution in [0.4, 0.5) is 8.78 Å². The highest BCUT2D eigenvalue weighted by Crippen LogP contribution is 2.37. The standard InChI is InChI=1S/C47H48F2N2/c1-45(2,3)29-31-23-41(37-13-9-11-35(27-37)33-15-19-39(48)20-16-33)50-43(25-31)47(7,8)44-26-32(30-46(4,5)6)24-42(51-44)38-14-10-12-36(28-38)34-17-21-40(49)22-18-34/h9-28H,29-30H2,1-8H3. The maximum Gasteiger partial charge on any atom is 0.123 e. The summed E-state index contributed by atoms with van der Waals surface area (Å²) in [5, 5.41) is 0. The zero-order valence-electron chi connectivity index (χ0n) is 31.1. The number of nitrogens with zero attached hydrogens (tertiary/aromatic N) is 2. The van der Waals surface area contributed by atoms with E-state index in [2.05, 4.69) is 116 Å². The van der Waals surface area contributed by atoms with Crippen molar-refractivity contribution in [3.63, 3.8) is 0 Å². The molecular weight excluding hydrogens is 631 g/mol. The van der Waals surface area contributed by atoms with Crippen LogP contribution in [-0.2, 0) is 18.3 Å². The molecule has 0 aliphatic carbocycles. The first-order valence-electron chi connectivity index (χ1n) is 17.8. The van der Waals surface area contributed by atoms with E-state index in [1.165, 1.54) is 35.4 Å². The van der Waals surface area contributed by atoms with Crippen LogP contribution in [0.3, 0.4) is 0 Å². The fourth-order valence-electron chi connectivity index (χ4n) is 6.67. The van der Waals surface area contributed by atoms with Gasteiger partial charge >= 0.3 is 0 Å². The third-order valence-electron chi connectivity index (χ3n) is 9.19. The molecule has 2 aromatic heterocycles. The molecule has 0 spiro atoms. The van der Waals surface area contributed by atoms with Crippen LogP contribution in [0.25, 0.3) is 44.8 Å². The zero-order valence-corrected chi connectivity index (χ0v) is 31.1. The Labute approximate surface area is 302 Å². The molecule has 0 aliphatic rings. The first kappa shape index (κ1) is 35.9. The molecule has 0 amide bonds. The number of halogens is 2. The van der Waals surface area contributed by atoms with Gasteiger partial charge in [0.2, 0.25) is 0 Å². The van der Waals surface area contributed by atoms with Gasteiger partial charge in [-0.3, -0.25) is 9.97 Å². The van der Waals surface area contributed by atoms with Crippen molar-refractivity contribution in [3.05, 3.63) is 155 Å². The molecular formula is C47H48F2N2. The minimum absolute atomic E-state index is 0.0730. The monoisotopic (exact) mass is 678 g/mol. The normalized spacial score (nSPS) is 12.3. The molecule has 0 fully saturated rings. The van der Waals surface area contributed by atoms with E-state index in [0.29, 0.717) is 0 Å². The van der Waals surface area contributed by atoms with Crippen molar-refractivity contribution in [3.8, 4) is 44.8 Å². The molecule has 0 unspecified atom stereocenters. The van der Waals surface area contributed by atoms with Crippen molar-refractivity contribution in [1.29, 1.82) is 0 Å². The third kappa shape index (κ3) is 8.86. The Balaban J connectivity index is 1.48. The summed E-state index contributed by atoms with van der Waals surface area (Å²) in [6.07, 6.45) is 1.78. The van der Waals surface area contributed by atoms with E-state index in [1.807, 2.05) is 36.4 Å². The van der Waals surface area contributed by atoms with E-state index in [9.17, 15) is 8.78 Å². The highest BCUT2D eigenvalue weighted by molar-refractivity contribution is 5.73. The molecule has 0 N–H and O–H groups in total. The third-order valence-corrected chi connectivity index (χ3v) is 9.19. The van der Waals surface area contributed by atoms with Crippen molar-refractivity contribution in [2.45, 2.75) is 73.6 Å². The number of aromatic nitrogens is 2. The average molecular weight is 679 g/mol. The maximum absolute atomic E-state index is 13.7. The Bertz CT molecular complexity index is 1990. The quantitative estimate of drug-likeness (QED) is 0.160. The molecule has 0 aliphatic heterocycles. The van der Waals surface area contributed by atoms with Gasteiger partial charge in [0.05, 0.1) is 22.8 Å². The molecule has 6 aromatic rings. The van der Waals surface area contributed by atoms with Gasteiger partial charge in [0, 0.05) is 16.5 Å². The van der Waals surface area contributed by atoms with Gasteiger partial charge in [0.15, 0.2) is 0 Å². The lowest BCUT2D eigenvalue weighted by Gasteiger charge is -2.28. The minimum Gasteiger partial charge on any atom is -0.252 e. The summed E-state index contributed by atoms with van der Waals surface area (Å²) in [6, 6.07) is 38.9. The second-order valence-corrected chi connectivity index (χ2v) is 16.8. The molecule has 0 radical (unpaired) electrons. The second kappa shape index (κ2) is 14.0. The van der Waals surface area contributed by atoms with Crippen LogP contribution in [0.2, 0.25) is 0 Å². The number of benzene rings is 4. The van der Waals surface area contributed by atoms with Crippen LogP contribution in [-0.4, -0.2) is 9.97 Å². The molecule has 6 rings (SSSR count). The van der Waals surface area contributed by atoms with Crippen LogP contribution < -0.4 is 0 Å². The Morgan fingerprint density at radius 2 is 0.765 bits per heavy atom. The Hall–Kier alpha value is -4.96. The van der Waals surface area contributed by atoms with E-state index in [4.69, 9.17) is 9.97 Å². The summed E-state index contributed by atoms with van der Waals surface area (Å²) in [5.74, 6) is -0.496. The second-order valence-electron chi connectivity index (χ2n) is 16.8. The van der Waals surface area contributed by atoms with E-state index < -0.39 is 5.41 Å². The Morgan fingerprint density at radius 3 is 1.12 bits per heavy atom. The van der Waals surface area contributed by atoms with Gasteiger partial charge in [-0.1, -0.05) is 102 Å². The SMILES string of the molecule is CC(C)(C)Cc1cc(-c2cccc(-c3ccc(F)cc3)c2)nc(C(C)(C)c2cc(CC(C)(C)C)cc(-c3cccc(-c4ccc(F)cc4)c3)n2)c1. The van der Waals surface area contributed by atoms with Crippen molar-refractivity contribution in [2.75, 3.05) is 0 Å². The number of hydrogen-bond donors (Lipinski definition) is 0. The van der Waals surface area contributed by atoms with Crippen LogP contribution in [0, 0.1) is 22.5 Å². The van der Waals surface area contributed by atoms with E-state index >= 15 is 0 Å². The lowest BCUT2D eigenvalue weighted by Crippen LogP contribution is -2.24. The summed E-state index contributed by atoms with van der Waals surface area (Å²) in [6.45, 7) is 18.0. The van der Waals surface area contributed by atoms with Crippen molar-refractivity contribution >= 4 is 0 Å². The fraction of sp³-hybridized carbons (Fsp3) is 0.277. The summed E-state index contributed by atoms with van der Waals surface area (Å²) in [5.41, 5.74) is 11.7. The molecule has 0 saturated carbocycles. The molecule has 0 saturated heterocycles. The number of hydrogen-bond acceptors (Lipinski definition) is 2. The van der Waals surface area contributed by atoms with Crippen molar-refractivity contribution in [2.24, 2.45) is 10.8 Å². The summed E-state index contributed by atoms with van der Waals surface area (Å²) in [7, 11) is 0. The van der Waals surface area contributed by atoms with Crippen molar-refractivity contribution in [1.82, 2.24) is 9.97 Å². The predicted molar refractivity (Wildman–Crippen MR) is 209 cm³/mol. The van der Waals surface area contributed by atoms with E-state index in [1.54, 1.807) is 0 Å². The largest absolute Gasteiger partial charge is 0.252 e. The lowest BCUT2D eigenvalue weighted by molar-refractivity contribution is 0.410. The topological polar surface area (TPSA) is 25.8 Å². The Kier molecular flexibility index (Phi) is 9.83. The fourth-order valence-corrected chi connectivity index (χ4v) is 6.67. The molecule has 4 aromatic carbocycles. The summed E-state index contributed by atoms with van der Waals surface area (Å²) in [4.78, 5) is 10.7. The molecule has 2 nitrogen and oxygen atoms in total. The van der Waals surface area contributed by atoms with Gasteiger partial charge in [-0.2, -0.15) is 0 Å². The zero-order chi connectivity index (χ0) is 36.6. The highest BCUT2D eigenvalue weighted by atomic mass is 19.1. The smallest absolute Gasteiger partial charge is 0.123 e. The van der Waals surface area contributed by atoms with Gasteiger partial charge in [-0.15, -0.1) is 0 Å². The van der Waals surface area contributed by atoms with Crippen LogP contribution in [0.15, 0.2) is 121 Å². The predicted octanol–water partition coefficient (Wildman–Crippen LogP) is 12.9. The minimum atomic E-state index is -0.533.